The molecule has 2 aromatic rings. The molecular weight excluding hydrogens is 226 g/mol. The van der Waals surface area contributed by atoms with E-state index in [9.17, 15) is 0 Å². The molecule has 2 atom stereocenters. The van der Waals surface area contributed by atoms with E-state index in [0.29, 0.717) is 18.4 Å². The van der Waals surface area contributed by atoms with E-state index >= 15 is 0 Å². The van der Waals surface area contributed by atoms with Crippen molar-refractivity contribution in [3.8, 4) is 0 Å². The number of benzene rings is 1. The maximum Gasteiger partial charge on any atom is 0.230 e. The van der Waals surface area contributed by atoms with Gasteiger partial charge in [0.15, 0.2) is 5.82 Å². The van der Waals surface area contributed by atoms with Gasteiger partial charge in [0.25, 0.3) is 0 Å². The smallest absolute Gasteiger partial charge is 0.230 e. The van der Waals surface area contributed by atoms with Gasteiger partial charge >= 0.3 is 0 Å². The molecule has 0 bridgehead atoms. The van der Waals surface area contributed by atoms with E-state index < -0.39 is 0 Å². The van der Waals surface area contributed by atoms with Gasteiger partial charge < -0.3 is 10.3 Å². The fourth-order valence-corrected chi connectivity index (χ4v) is 2.32. The summed E-state index contributed by atoms with van der Waals surface area (Å²) >= 11 is 0. The molecule has 94 valence electrons. The van der Waals surface area contributed by atoms with Gasteiger partial charge in [-0.2, -0.15) is 4.98 Å². The maximum absolute atomic E-state index is 5.47. The van der Waals surface area contributed by atoms with Gasteiger partial charge in [0.05, 0.1) is 0 Å². The molecule has 2 N–H and O–H groups in total. The molecule has 4 heteroatoms. The second-order valence-electron chi connectivity index (χ2n) is 4.80. The highest BCUT2D eigenvalue weighted by molar-refractivity contribution is 5.30. The molecule has 0 aliphatic heterocycles. The first-order chi connectivity index (χ1) is 8.88. The van der Waals surface area contributed by atoms with Crippen LogP contribution in [-0.4, -0.2) is 16.7 Å². The standard InChI is InChI=1S/C14H17N3O/c15-8-4-7-13-16-14(18-17-13)12-9-11(12)10-5-2-1-3-6-10/h1-3,5-6,11-12H,4,7-9,15H2. The summed E-state index contributed by atoms with van der Waals surface area (Å²) in [5.41, 5.74) is 6.83. The number of hydrogen-bond acceptors (Lipinski definition) is 4. The summed E-state index contributed by atoms with van der Waals surface area (Å²) in [6, 6.07) is 10.5. The quantitative estimate of drug-likeness (QED) is 0.874. The Morgan fingerprint density at radius 1 is 1.22 bits per heavy atom. The normalized spacial score (nSPS) is 22.1. The predicted octanol–water partition coefficient (Wildman–Crippen LogP) is 2.23. The molecule has 0 radical (unpaired) electrons. The highest BCUT2D eigenvalue weighted by Gasteiger charge is 2.43. The zero-order chi connectivity index (χ0) is 12.4. The minimum atomic E-state index is 0.409. The lowest BCUT2D eigenvalue weighted by Gasteiger charge is -1.96. The third kappa shape index (κ3) is 2.29. The van der Waals surface area contributed by atoms with Crippen molar-refractivity contribution in [3.05, 3.63) is 47.6 Å². The van der Waals surface area contributed by atoms with Crippen LogP contribution in [0.2, 0.25) is 0 Å². The summed E-state index contributed by atoms with van der Waals surface area (Å²) in [7, 11) is 0. The van der Waals surface area contributed by atoms with Crippen molar-refractivity contribution in [2.45, 2.75) is 31.1 Å². The number of nitrogens with two attached hydrogens (primary N) is 1. The molecule has 1 heterocycles. The van der Waals surface area contributed by atoms with Gasteiger partial charge in [-0.05, 0) is 30.9 Å². The maximum atomic E-state index is 5.47. The molecule has 18 heavy (non-hydrogen) atoms. The van der Waals surface area contributed by atoms with Crippen LogP contribution < -0.4 is 5.73 Å². The Morgan fingerprint density at radius 3 is 2.83 bits per heavy atom. The molecule has 0 spiro atoms. The zero-order valence-electron chi connectivity index (χ0n) is 10.2. The largest absolute Gasteiger partial charge is 0.339 e. The van der Waals surface area contributed by atoms with E-state index in [2.05, 4.69) is 34.4 Å². The molecule has 4 nitrogen and oxygen atoms in total. The van der Waals surface area contributed by atoms with Crippen LogP contribution in [0.1, 0.15) is 42.0 Å². The van der Waals surface area contributed by atoms with E-state index in [0.717, 1.165) is 31.0 Å². The summed E-state index contributed by atoms with van der Waals surface area (Å²) in [5.74, 6) is 2.53. The van der Waals surface area contributed by atoms with Gasteiger partial charge in [-0.3, -0.25) is 0 Å². The van der Waals surface area contributed by atoms with E-state index in [1.165, 1.54) is 5.56 Å². The molecule has 1 aliphatic carbocycles. The van der Waals surface area contributed by atoms with Crippen LogP contribution in [0.25, 0.3) is 0 Å². The molecule has 2 unspecified atom stereocenters. The summed E-state index contributed by atoms with van der Waals surface area (Å²) in [5, 5.41) is 4.00. The average molecular weight is 243 g/mol. The minimum absolute atomic E-state index is 0.409. The van der Waals surface area contributed by atoms with Crippen molar-refractivity contribution >= 4 is 0 Å². The third-order valence-corrected chi connectivity index (χ3v) is 3.42. The van der Waals surface area contributed by atoms with Crippen molar-refractivity contribution in [2.75, 3.05) is 6.54 Å². The fraction of sp³-hybridized carbons (Fsp3) is 0.429. The second-order valence-corrected chi connectivity index (χ2v) is 4.80. The summed E-state index contributed by atoms with van der Waals surface area (Å²) in [6.07, 6.45) is 2.83. The summed E-state index contributed by atoms with van der Waals surface area (Å²) in [6.45, 7) is 0.667. The molecule has 1 fully saturated rings. The van der Waals surface area contributed by atoms with Crippen molar-refractivity contribution in [2.24, 2.45) is 5.73 Å². The first kappa shape index (κ1) is 11.4. The van der Waals surface area contributed by atoms with Gasteiger partial charge in [-0.1, -0.05) is 35.5 Å². The summed E-state index contributed by atoms with van der Waals surface area (Å²) in [4.78, 5) is 4.45. The van der Waals surface area contributed by atoms with Crippen LogP contribution >= 0.6 is 0 Å². The van der Waals surface area contributed by atoms with Crippen molar-refractivity contribution in [1.82, 2.24) is 10.1 Å². The molecule has 0 amide bonds. The number of rotatable bonds is 5. The fourth-order valence-electron chi connectivity index (χ4n) is 2.32. The first-order valence-corrected chi connectivity index (χ1v) is 6.46. The SMILES string of the molecule is NCCCc1noc(C2CC2c2ccccc2)n1. The Balaban J connectivity index is 1.65. The van der Waals surface area contributed by atoms with Crippen LogP contribution in [0.4, 0.5) is 0 Å². The van der Waals surface area contributed by atoms with E-state index in [4.69, 9.17) is 10.3 Å². The van der Waals surface area contributed by atoms with Gasteiger partial charge in [0.1, 0.15) is 0 Å². The van der Waals surface area contributed by atoms with Crippen LogP contribution in [0.15, 0.2) is 34.9 Å². The van der Waals surface area contributed by atoms with E-state index in [1.807, 2.05) is 6.07 Å². The number of aryl methyl sites for hydroxylation is 1. The zero-order valence-corrected chi connectivity index (χ0v) is 10.2. The first-order valence-electron chi connectivity index (χ1n) is 6.46. The second kappa shape index (κ2) is 4.90. The Kier molecular flexibility index (Phi) is 3.11. The van der Waals surface area contributed by atoms with Crippen molar-refractivity contribution < 1.29 is 4.52 Å². The van der Waals surface area contributed by atoms with Crippen molar-refractivity contribution in [3.63, 3.8) is 0 Å². The Hall–Kier alpha value is -1.68. The van der Waals surface area contributed by atoms with E-state index in [-0.39, 0.29) is 0 Å². The monoisotopic (exact) mass is 243 g/mol. The molecule has 1 saturated carbocycles. The Bertz CT molecular complexity index is 509. The number of hydrogen-bond donors (Lipinski definition) is 1. The van der Waals surface area contributed by atoms with Crippen LogP contribution in [-0.2, 0) is 6.42 Å². The van der Waals surface area contributed by atoms with E-state index in [1.54, 1.807) is 0 Å². The van der Waals surface area contributed by atoms with Gasteiger partial charge in [-0.25, -0.2) is 0 Å². The van der Waals surface area contributed by atoms with Gasteiger partial charge in [-0.15, -0.1) is 0 Å². The summed E-state index contributed by atoms with van der Waals surface area (Å²) < 4.78 is 5.34. The number of nitrogens with zero attached hydrogens (tertiary/aromatic N) is 2. The topological polar surface area (TPSA) is 64.9 Å². The molecule has 1 aromatic heterocycles. The van der Waals surface area contributed by atoms with Crippen LogP contribution in [0.5, 0.6) is 0 Å². The molecule has 3 rings (SSSR count). The average Bonchev–Trinajstić information content (AvgIpc) is 3.09. The molecule has 1 aliphatic rings. The number of aromatic nitrogens is 2. The predicted molar refractivity (Wildman–Crippen MR) is 68.2 cm³/mol. The van der Waals surface area contributed by atoms with Crippen LogP contribution in [0, 0.1) is 0 Å². The lowest BCUT2D eigenvalue weighted by Crippen LogP contribution is -2.01. The third-order valence-electron chi connectivity index (χ3n) is 3.42. The highest BCUT2D eigenvalue weighted by Crippen LogP contribution is 2.53. The highest BCUT2D eigenvalue weighted by atomic mass is 16.5. The molecular formula is C14H17N3O. The van der Waals surface area contributed by atoms with Gasteiger partial charge in [0.2, 0.25) is 5.89 Å². The molecule has 1 aromatic carbocycles. The minimum Gasteiger partial charge on any atom is -0.339 e. The Morgan fingerprint density at radius 2 is 2.06 bits per heavy atom. The Labute approximate surface area is 106 Å². The van der Waals surface area contributed by atoms with Gasteiger partial charge in [0, 0.05) is 12.3 Å². The lowest BCUT2D eigenvalue weighted by atomic mass is 10.1. The van der Waals surface area contributed by atoms with Crippen molar-refractivity contribution in [1.29, 1.82) is 0 Å². The lowest BCUT2D eigenvalue weighted by molar-refractivity contribution is 0.372. The van der Waals surface area contributed by atoms with Crippen LogP contribution in [0.3, 0.4) is 0 Å². The molecule has 0 saturated heterocycles.